The minimum atomic E-state index is -1.01. The van der Waals surface area contributed by atoms with Gasteiger partial charge in [-0.2, -0.15) is 0 Å². The van der Waals surface area contributed by atoms with Crippen molar-refractivity contribution in [1.29, 1.82) is 0 Å². The molecule has 2 aromatic rings. The van der Waals surface area contributed by atoms with Crippen LogP contribution in [0.15, 0.2) is 47.9 Å². The number of imide groups is 1. The number of aromatic carboxylic acids is 1. The highest BCUT2D eigenvalue weighted by atomic mass is 32.2. The molecule has 1 saturated heterocycles. The number of aromatic nitrogens is 1. The first-order valence-corrected chi connectivity index (χ1v) is 9.04. The summed E-state index contributed by atoms with van der Waals surface area (Å²) < 4.78 is 1.84. The summed E-state index contributed by atoms with van der Waals surface area (Å²) in [6.45, 7) is 7.45. The van der Waals surface area contributed by atoms with E-state index in [0.29, 0.717) is 10.6 Å². The summed E-state index contributed by atoms with van der Waals surface area (Å²) >= 11 is 0.892. The van der Waals surface area contributed by atoms with Gasteiger partial charge >= 0.3 is 5.97 Å². The number of carbonyl (C=O) groups is 3. The van der Waals surface area contributed by atoms with E-state index < -0.39 is 5.97 Å². The molecule has 138 valence electrons. The van der Waals surface area contributed by atoms with Crippen molar-refractivity contribution in [1.82, 2.24) is 9.47 Å². The molecular formula is C20H18N2O4S. The van der Waals surface area contributed by atoms with E-state index in [1.54, 1.807) is 30.3 Å². The maximum Gasteiger partial charge on any atom is 0.337 e. The highest BCUT2D eigenvalue weighted by molar-refractivity contribution is 8.18. The Kier molecular flexibility index (Phi) is 5.05. The molecule has 1 N–H and O–H groups in total. The van der Waals surface area contributed by atoms with Crippen LogP contribution in [0.4, 0.5) is 4.79 Å². The van der Waals surface area contributed by atoms with Gasteiger partial charge in [0.05, 0.1) is 16.2 Å². The molecule has 1 fully saturated rings. The van der Waals surface area contributed by atoms with Gasteiger partial charge in [-0.1, -0.05) is 18.2 Å². The van der Waals surface area contributed by atoms with E-state index >= 15 is 0 Å². The van der Waals surface area contributed by atoms with Crippen LogP contribution in [-0.4, -0.2) is 38.2 Å². The van der Waals surface area contributed by atoms with E-state index in [1.165, 1.54) is 6.08 Å². The van der Waals surface area contributed by atoms with E-state index in [2.05, 4.69) is 6.58 Å². The van der Waals surface area contributed by atoms with Crippen molar-refractivity contribution < 1.29 is 19.5 Å². The van der Waals surface area contributed by atoms with Gasteiger partial charge in [0.15, 0.2) is 0 Å². The fraction of sp³-hybridized carbons (Fsp3) is 0.150. The molecule has 0 unspecified atom stereocenters. The Morgan fingerprint density at radius 3 is 2.63 bits per heavy atom. The van der Waals surface area contributed by atoms with Crippen LogP contribution in [0.2, 0.25) is 0 Å². The van der Waals surface area contributed by atoms with Gasteiger partial charge in [-0.25, -0.2) is 4.79 Å². The van der Waals surface area contributed by atoms with Crippen LogP contribution in [0.5, 0.6) is 0 Å². The van der Waals surface area contributed by atoms with Gasteiger partial charge in [0, 0.05) is 17.9 Å². The first kappa shape index (κ1) is 18.7. The number of carboxylic acid groups (broad SMARTS) is 1. The minimum absolute atomic E-state index is 0.174. The highest BCUT2D eigenvalue weighted by Crippen LogP contribution is 2.34. The molecule has 2 amide bonds. The summed E-state index contributed by atoms with van der Waals surface area (Å²) in [6, 6.07) is 8.62. The molecular weight excluding hydrogens is 364 g/mol. The molecule has 1 aliphatic rings. The third-order valence-electron chi connectivity index (χ3n) is 4.32. The Balaban J connectivity index is 2.06. The van der Waals surface area contributed by atoms with Crippen LogP contribution in [0.25, 0.3) is 11.8 Å². The van der Waals surface area contributed by atoms with E-state index in [-0.39, 0.29) is 23.3 Å². The van der Waals surface area contributed by atoms with Crippen LogP contribution < -0.4 is 0 Å². The predicted octanol–water partition coefficient (Wildman–Crippen LogP) is 4.01. The van der Waals surface area contributed by atoms with E-state index in [0.717, 1.165) is 33.6 Å². The Hall–Kier alpha value is -3.06. The zero-order valence-electron chi connectivity index (χ0n) is 14.9. The predicted molar refractivity (Wildman–Crippen MR) is 105 cm³/mol. The maximum absolute atomic E-state index is 12.4. The van der Waals surface area contributed by atoms with Gasteiger partial charge in [0.25, 0.3) is 11.1 Å². The third kappa shape index (κ3) is 3.33. The van der Waals surface area contributed by atoms with Crippen molar-refractivity contribution in [3.05, 3.63) is 70.4 Å². The molecule has 0 aliphatic carbocycles. The quantitative estimate of drug-likeness (QED) is 0.624. The second-order valence-electron chi connectivity index (χ2n) is 6.07. The maximum atomic E-state index is 12.4. The van der Waals surface area contributed by atoms with Crippen LogP contribution in [0.3, 0.4) is 0 Å². The number of carbonyl (C=O) groups excluding carboxylic acids is 2. The van der Waals surface area contributed by atoms with Crippen molar-refractivity contribution in [2.45, 2.75) is 13.8 Å². The summed E-state index contributed by atoms with van der Waals surface area (Å²) in [4.78, 5) is 37.4. The number of thioether (sulfide) groups is 1. The lowest BCUT2D eigenvalue weighted by atomic mass is 10.1. The lowest BCUT2D eigenvalue weighted by molar-refractivity contribution is -0.122. The number of nitrogens with zero attached hydrogens (tertiary/aromatic N) is 2. The van der Waals surface area contributed by atoms with Gasteiger partial charge in [-0.3, -0.25) is 14.5 Å². The van der Waals surface area contributed by atoms with Gasteiger partial charge in [-0.05, 0) is 55.4 Å². The van der Waals surface area contributed by atoms with Crippen molar-refractivity contribution in [2.24, 2.45) is 0 Å². The van der Waals surface area contributed by atoms with Gasteiger partial charge in [-0.15, -0.1) is 6.58 Å². The average Bonchev–Trinajstić information content (AvgIpc) is 3.05. The second kappa shape index (κ2) is 7.28. The Morgan fingerprint density at radius 2 is 1.96 bits per heavy atom. The van der Waals surface area contributed by atoms with Gasteiger partial charge < -0.3 is 9.67 Å². The SMILES string of the molecule is C=CCN1C(=O)S/C(=C\c2cc(C)n(-c3ccccc3C(=O)O)c2C)C1=O. The third-order valence-corrected chi connectivity index (χ3v) is 5.22. The van der Waals surface area contributed by atoms with Crippen molar-refractivity contribution in [3.8, 4) is 5.69 Å². The molecule has 2 heterocycles. The van der Waals surface area contributed by atoms with E-state index in [9.17, 15) is 19.5 Å². The van der Waals surface area contributed by atoms with Gasteiger partial charge in [0.2, 0.25) is 0 Å². The van der Waals surface area contributed by atoms with Crippen molar-refractivity contribution in [3.63, 3.8) is 0 Å². The number of benzene rings is 1. The van der Waals surface area contributed by atoms with Gasteiger partial charge in [0.1, 0.15) is 0 Å². The number of hydrogen-bond donors (Lipinski definition) is 1. The fourth-order valence-electron chi connectivity index (χ4n) is 3.08. The topological polar surface area (TPSA) is 79.6 Å². The number of amides is 2. The number of rotatable bonds is 5. The Bertz CT molecular complexity index is 1000. The average molecular weight is 382 g/mol. The number of para-hydroxylation sites is 1. The molecule has 1 aromatic carbocycles. The van der Waals surface area contributed by atoms with Crippen LogP contribution in [-0.2, 0) is 4.79 Å². The molecule has 0 radical (unpaired) electrons. The molecule has 0 saturated carbocycles. The van der Waals surface area contributed by atoms with Crippen molar-refractivity contribution >= 4 is 35.0 Å². The van der Waals surface area contributed by atoms with E-state index in [1.807, 2.05) is 24.5 Å². The summed E-state index contributed by atoms with van der Waals surface area (Å²) in [5.74, 6) is -1.36. The normalized spacial score (nSPS) is 15.6. The molecule has 1 aromatic heterocycles. The first-order chi connectivity index (χ1) is 12.8. The summed E-state index contributed by atoms with van der Waals surface area (Å²) in [5, 5.41) is 9.14. The lowest BCUT2D eigenvalue weighted by Gasteiger charge is -2.12. The number of aryl methyl sites for hydroxylation is 1. The summed E-state index contributed by atoms with van der Waals surface area (Å²) in [6.07, 6.45) is 3.18. The smallest absolute Gasteiger partial charge is 0.337 e. The first-order valence-electron chi connectivity index (χ1n) is 8.23. The molecule has 0 spiro atoms. The number of hydrogen-bond acceptors (Lipinski definition) is 4. The minimum Gasteiger partial charge on any atom is -0.478 e. The second-order valence-corrected chi connectivity index (χ2v) is 7.06. The Labute approximate surface area is 160 Å². The van der Waals surface area contributed by atoms with Crippen LogP contribution >= 0.6 is 11.8 Å². The molecule has 0 bridgehead atoms. The molecule has 1 aliphatic heterocycles. The van der Waals surface area contributed by atoms with Crippen molar-refractivity contribution in [2.75, 3.05) is 6.54 Å². The molecule has 3 rings (SSSR count). The number of carboxylic acids is 1. The zero-order valence-corrected chi connectivity index (χ0v) is 15.7. The molecule has 27 heavy (non-hydrogen) atoms. The van der Waals surface area contributed by atoms with Crippen LogP contribution in [0, 0.1) is 13.8 Å². The Morgan fingerprint density at radius 1 is 1.26 bits per heavy atom. The summed E-state index contributed by atoms with van der Waals surface area (Å²) in [7, 11) is 0. The van der Waals surface area contributed by atoms with Crippen LogP contribution in [0.1, 0.15) is 27.3 Å². The van der Waals surface area contributed by atoms with E-state index in [4.69, 9.17) is 0 Å². The molecule has 0 atom stereocenters. The summed E-state index contributed by atoms with van der Waals surface area (Å²) in [5.41, 5.74) is 3.13. The monoisotopic (exact) mass is 382 g/mol. The largest absolute Gasteiger partial charge is 0.478 e. The fourth-order valence-corrected chi connectivity index (χ4v) is 3.92. The highest BCUT2D eigenvalue weighted by Gasteiger charge is 2.34. The lowest BCUT2D eigenvalue weighted by Crippen LogP contribution is -2.27. The molecule has 6 nitrogen and oxygen atoms in total. The standard InChI is InChI=1S/C20H18N2O4S/c1-4-9-21-18(23)17(27-20(21)26)11-14-10-12(2)22(13(14)3)16-8-6-5-7-15(16)19(24)25/h4-8,10-11H,1,9H2,2-3H3,(H,24,25)/b17-11-. The molecule has 7 heteroatoms. The zero-order chi connectivity index (χ0) is 19.7.